The number of hydrogen-bond acceptors (Lipinski definition) is 4. The Hall–Kier alpha value is -1.98. The second-order valence-electron chi connectivity index (χ2n) is 3.97. The molecule has 4 nitrogen and oxygen atoms in total. The third-order valence-corrected chi connectivity index (χ3v) is 3.40. The predicted octanol–water partition coefficient (Wildman–Crippen LogP) is 3.65. The molecule has 1 aromatic carbocycles. The number of aromatic nitrogens is 1. The highest BCUT2D eigenvalue weighted by Crippen LogP contribution is 2.16. The maximum atomic E-state index is 11.7. The van der Waals surface area contributed by atoms with Crippen molar-refractivity contribution < 1.29 is 9.59 Å². The van der Waals surface area contributed by atoms with Gasteiger partial charge in [0, 0.05) is 23.4 Å². The van der Waals surface area contributed by atoms with Gasteiger partial charge in [-0.3, -0.25) is 14.9 Å². The molecule has 1 heterocycles. The van der Waals surface area contributed by atoms with Crippen molar-refractivity contribution in [3.8, 4) is 0 Å². The van der Waals surface area contributed by atoms with Crippen LogP contribution in [-0.2, 0) is 4.79 Å². The number of carbonyl (C=O) groups is 2. The number of ketones is 1. The van der Waals surface area contributed by atoms with E-state index in [4.69, 9.17) is 11.6 Å². The highest BCUT2D eigenvalue weighted by molar-refractivity contribution is 7.14. The zero-order valence-corrected chi connectivity index (χ0v) is 12.2. The number of halogens is 1. The largest absolute Gasteiger partial charge is 0.298 e. The highest BCUT2D eigenvalue weighted by Gasteiger charge is 2.07. The first kappa shape index (κ1) is 14.4. The monoisotopic (exact) mass is 306 g/mol. The first-order valence-corrected chi connectivity index (χ1v) is 7.01. The maximum Gasteiger partial charge on any atom is 0.250 e. The Balaban J connectivity index is 1.97. The van der Waals surface area contributed by atoms with Crippen LogP contribution < -0.4 is 5.32 Å². The van der Waals surface area contributed by atoms with Crippen LogP contribution in [0.15, 0.2) is 35.7 Å². The van der Waals surface area contributed by atoms with Gasteiger partial charge in [0.2, 0.25) is 5.91 Å². The Morgan fingerprint density at radius 3 is 2.60 bits per heavy atom. The first-order chi connectivity index (χ1) is 9.54. The summed E-state index contributed by atoms with van der Waals surface area (Å²) in [7, 11) is 0. The summed E-state index contributed by atoms with van der Waals surface area (Å²) >= 11 is 6.99. The number of benzene rings is 1. The van der Waals surface area contributed by atoms with E-state index in [9.17, 15) is 9.59 Å². The highest BCUT2D eigenvalue weighted by atomic mass is 35.5. The molecule has 0 atom stereocenters. The van der Waals surface area contributed by atoms with E-state index in [2.05, 4.69) is 10.3 Å². The van der Waals surface area contributed by atoms with Gasteiger partial charge in [-0.1, -0.05) is 23.7 Å². The second-order valence-corrected chi connectivity index (χ2v) is 5.26. The summed E-state index contributed by atoms with van der Waals surface area (Å²) in [6.07, 6.45) is 3.07. The number of nitrogens with one attached hydrogen (secondary N) is 1. The number of anilines is 1. The maximum absolute atomic E-state index is 11.7. The van der Waals surface area contributed by atoms with Gasteiger partial charge in [-0.05, 0) is 23.8 Å². The molecule has 0 aliphatic rings. The van der Waals surface area contributed by atoms with Crippen molar-refractivity contribution in [3.63, 3.8) is 0 Å². The molecule has 102 valence electrons. The summed E-state index contributed by atoms with van der Waals surface area (Å²) in [6.45, 7) is 1.43. The topological polar surface area (TPSA) is 59.1 Å². The van der Waals surface area contributed by atoms with E-state index in [1.807, 2.05) is 12.1 Å². The number of thiazole rings is 1. The van der Waals surface area contributed by atoms with Gasteiger partial charge >= 0.3 is 0 Å². The molecular formula is C14H11ClN2O2S. The SMILES string of the molecule is CC(=O)c1csc(NC(=O)/C=C/c2ccc(Cl)cc2)n1. The second kappa shape index (κ2) is 6.45. The summed E-state index contributed by atoms with van der Waals surface area (Å²) in [5.41, 5.74) is 1.22. The Morgan fingerprint density at radius 2 is 2.00 bits per heavy atom. The minimum Gasteiger partial charge on any atom is -0.298 e. The molecule has 6 heteroatoms. The molecule has 1 aromatic heterocycles. The van der Waals surface area contributed by atoms with Crippen LogP contribution in [0, 0.1) is 0 Å². The Kier molecular flexibility index (Phi) is 4.65. The predicted molar refractivity (Wildman–Crippen MR) is 81.2 cm³/mol. The van der Waals surface area contributed by atoms with Crippen LogP contribution >= 0.6 is 22.9 Å². The van der Waals surface area contributed by atoms with E-state index < -0.39 is 0 Å². The number of hydrogen-bond donors (Lipinski definition) is 1. The molecule has 0 saturated heterocycles. The molecule has 1 amide bonds. The van der Waals surface area contributed by atoms with Gasteiger partial charge in [-0.15, -0.1) is 11.3 Å². The van der Waals surface area contributed by atoms with Crippen LogP contribution in [-0.4, -0.2) is 16.7 Å². The van der Waals surface area contributed by atoms with E-state index in [1.54, 1.807) is 23.6 Å². The number of amides is 1. The summed E-state index contributed by atoms with van der Waals surface area (Å²) in [4.78, 5) is 26.8. The van der Waals surface area contributed by atoms with Crippen molar-refractivity contribution in [1.82, 2.24) is 4.98 Å². The molecule has 20 heavy (non-hydrogen) atoms. The first-order valence-electron chi connectivity index (χ1n) is 5.75. The Bertz CT molecular complexity index is 662. The van der Waals surface area contributed by atoms with Gasteiger partial charge in [0.15, 0.2) is 10.9 Å². The number of Topliss-reactive ketones (excluding diaryl/α,β-unsaturated/α-hetero) is 1. The van der Waals surface area contributed by atoms with E-state index in [0.717, 1.165) is 5.56 Å². The minimum atomic E-state index is -0.301. The lowest BCUT2D eigenvalue weighted by atomic mass is 10.2. The molecule has 0 radical (unpaired) electrons. The molecule has 2 aromatic rings. The zero-order chi connectivity index (χ0) is 14.5. The lowest BCUT2D eigenvalue weighted by Crippen LogP contribution is -2.07. The lowest BCUT2D eigenvalue weighted by Gasteiger charge is -1.96. The lowest BCUT2D eigenvalue weighted by molar-refractivity contribution is -0.111. The molecule has 0 spiro atoms. The number of rotatable bonds is 4. The quantitative estimate of drug-likeness (QED) is 0.693. The van der Waals surface area contributed by atoms with Crippen molar-refractivity contribution in [3.05, 3.63) is 52.0 Å². The fraction of sp³-hybridized carbons (Fsp3) is 0.0714. The fourth-order valence-electron chi connectivity index (χ4n) is 1.39. The molecule has 0 bridgehead atoms. The van der Waals surface area contributed by atoms with Gasteiger partial charge in [-0.25, -0.2) is 4.98 Å². The van der Waals surface area contributed by atoms with Crippen molar-refractivity contribution >= 4 is 45.8 Å². The molecule has 0 fully saturated rings. The van der Waals surface area contributed by atoms with Gasteiger partial charge in [0.25, 0.3) is 0 Å². The zero-order valence-electron chi connectivity index (χ0n) is 10.6. The van der Waals surface area contributed by atoms with Gasteiger partial charge in [0.1, 0.15) is 5.69 Å². The Labute approximate surface area is 125 Å². The van der Waals surface area contributed by atoms with Crippen LogP contribution in [0.5, 0.6) is 0 Å². The van der Waals surface area contributed by atoms with Crippen LogP contribution in [0.1, 0.15) is 23.0 Å². The van der Waals surface area contributed by atoms with Crippen molar-refractivity contribution in [2.45, 2.75) is 6.92 Å². The van der Waals surface area contributed by atoms with Crippen molar-refractivity contribution in [2.75, 3.05) is 5.32 Å². The number of nitrogens with zero attached hydrogens (tertiary/aromatic N) is 1. The molecule has 0 unspecified atom stereocenters. The summed E-state index contributed by atoms with van der Waals surface area (Å²) in [6, 6.07) is 7.12. The van der Waals surface area contributed by atoms with Crippen LogP contribution in [0.3, 0.4) is 0 Å². The molecule has 0 aliphatic carbocycles. The molecule has 1 N–H and O–H groups in total. The van der Waals surface area contributed by atoms with Crippen molar-refractivity contribution in [1.29, 1.82) is 0 Å². The number of carbonyl (C=O) groups excluding carboxylic acids is 2. The summed E-state index contributed by atoms with van der Waals surface area (Å²) < 4.78 is 0. The third-order valence-electron chi connectivity index (χ3n) is 2.39. The van der Waals surface area contributed by atoms with Gasteiger partial charge in [-0.2, -0.15) is 0 Å². The average molecular weight is 307 g/mol. The Morgan fingerprint density at radius 1 is 1.30 bits per heavy atom. The average Bonchev–Trinajstić information content (AvgIpc) is 2.87. The third kappa shape index (κ3) is 4.01. The summed E-state index contributed by atoms with van der Waals surface area (Å²) in [5.74, 6) is -0.428. The smallest absolute Gasteiger partial charge is 0.250 e. The standard InChI is InChI=1S/C14H11ClN2O2S/c1-9(18)12-8-20-14(16-12)17-13(19)7-4-10-2-5-11(15)6-3-10/h2-8H,1H3,(H,16,17,19)/b7-4+. The van der Waals surface area contributed by atoms with E-state index in [1.165, 1.54) is 24.3 Å². The van der Waals surface area contributed by atoms with E-state index >= 15 is 0 Å². The summed E-state index contributed by atoms with van der Waals surface area (Å²) in [5, 5.41) is 5.26. The molecular weight excluding hydrogens is 296 g/mol. The van der Waals surface area contributed by atoms with Crippen LogP contribution in [0.25, 0.3) is 6.08 Å². The molecule has 0 saturated carbocycles. The van der Waals surface area contributed by atoms with Crippen LogP contribution in [0.4, 0.5) is 5.13 Å². The van der Waals surface area contributed by atoms with Gasteiger partial charge in [0.05, 0.1) is 0 Å². The normalized spacial score (nSPS) is 10.7. The fourth-order valence-corrected chi connectivity index (χ4v) is 2.26. The molecule has 0 aliphatic heterocycles. The van der Waals surface area contributed by atoms with E-state index in [0.29, 0.717) is 15.8 Å². The van der Waals surface area contributed by atoms with E-state index in [-0.39, 0.29) is 11.7 Å². The van der Waals surface area contributed by atoms with Crippen molar-refractivity contribution in [2.24, 2.45) is 0 Å². The van der Waals surface area contributed by atoms with Gasteiger partial charge < -0.3 is 0 Å². The minimum absolute atomic E-state index is 0.126. The molecule has 2 rings (SSSR count). The van der Waals surface area contributed by atoms with Crippen LogP contribution in [0.2, 0.25) is 5.02 Å².